The fourth-order valence-corrected chi connectivity index (χ4v) is 3.62. The van der Waals surface area contributed by atoms with Gasteiger partial charge >= 0.3 is 0 Å². The van der Waals surface area contributed by atoms with E-state index in [-0.39, 0.29) is 23.8 Å². The number of benzene rings is 2. The van der Waals surface area contributed by atoms with Gasteiger partial charge in [-0.05, 0) is 72.9 Å². The van der Waals surface area contributed by atoms with Crippen LogP contribution >= 0.6 is 0 Å². The molecule has 2 aromatic carbocycles. The summed E-state index contributed by atoms with van der Waals surface area (Å²) in [7, 11) is 0. The van der Waals surface area contributed by atoms with Gasteiger partial charge in [0.1, 0.15) is 18.2 Å². The third-order valence-electron chi connectivity index (χ3n) is 5.82. The van der Waals surface area contributed by atoms with Crippen LogP contribution in [0.4, 0.5) is 4.39 Å². The highest BCUT2D eigenvalue weighted by atomic mass is 19.1. The number of nitrogens with zero attached hydrogens (tertiary/aromatic N) is 1. The molecule has 1 aliphatic heterocycles. The zero-order valence-corrected chi connectivity index (χ0v) is 19.7. The molecule has 1 heterocycles. The number of aliphatic imine (C=N–C) groups is 1. The molecule has 5 heteroatoms. The van der Waals surface area contributed by atoms with Gasteiger partial charge in [-0.15, -0.1) is 0 Å². The van der Waals surface area contributed by atoms with Crippen LogP contribution in [-0.4, -0.2) is 18.4 Å². The van der Waals surface area contributed by atoms with Crippen molar-refractivity contribution < 1.29 is 9.13 Å². The third kappa shape index (κ3) is 7.16. The summed E-state index contributed by atoms with van der Waals surface area (Å²) >= 11 is 0. The molecule has 0 aromatic heterocycles. The lowest BCUT2D eigenvalue weighted by Crippen LogP contribution is -2.26. The number of nitrogens with two attached hydrogens (primary N) is 1. The molecule has 33 heavy (non-hydrogen) atoms. The van der Waals surface area contributed by atoms with Crippen molar-refractivity contribution in [2.24, 2.45) is 16.6 Å². The number of hydrogen-bond acceptors (Lipinski definition) is 4. The molecule has 0 spiro atoms. The Labute approximate surface area is 196 Å². The first kappa shape index (κ1) is 24.5. The zero-order chi connectivity index (χ0) is 23.8. The number of nitrogens with one attached hydrogen (secondary N) is 1. The lowest BCUT2D eigenvalue weighted by molar-refractivity contribution is 0.285. The van der Waals surface area contributed by atoms with Gasteiger partial charge in [0.2, 0.25) is 0 Å². The number of hydrogen-bond donors (Lipinski definition) is 2. The van der Waals surface area contributed by atoms with Gasteiger partial charge in [0.05, 0.1) is 0 Å². The smallest absolute Gasteiger partial charge is 0.123 e. The SMILES string of the molecule is C=C(/C=C\C1=NC=C(c2ccc(OCC(N)CC)cc2)CC1C)NC(C)c1cccc(F)c1. The van der Waals surface area contributed by atoms with Gasteiger partial charge < -0.3 is 15.8 Å². The van der Waals surface area contributed by atoms with Crippen LogP contribution in [0.2, 0.25) is 0 Å². The van der Waals surface area contributed by atoms with Gasteiger partial charge in [-0.3, -0.25) is 4.99 Å². The molecule has 3 rings (SSSR count). The van der Waals surface area contributed by atoms with Crippen molar-refractivity contribution in [3.8, 4) is 5.75 Å². The fourth-order valence-electron chi connectivity index (χ4n) is 3.62. The molecule has 0 fully saturated rings. The Balaban J connectivity index is 1.59. The van der Waals surface area contributed by atoms with E-state index in [9.17, 15) is 4.39 Å². The highest BCUT2D eigenvalue weighted by molar-refractivity contribution is 6.00. The van der Waals surface area contributed by atoms with Gasteiger partial charge in [-0.1, -0.05) is 44.7 Å². The summed E-state index contributed by atoms with van der Waals surface area (Å²) in [5, 5.41) is 3.30. The van der Waals surface area contributed by atoms with Gasteiger partial charge in [0.25, 0.3) is 0 Å². The normalized spacial score (nSPS) is 17.8. The summed E-state index contributed by atoms with van der Waals surface area (Å²) in [6.07, 6.45) is 7.67. The van der Waals surface area contributed by atoms with Crippen molar-refractivity contribution in [3.05, 3.63) is 96.1 Å². The summed E-state index contributed by atoms with van der Waals surface area (Å²) < 4.78 is 19.2. The van der Waals surface area contributed by atoms with E-state index in [1.165, 1.54) is 17.7 Å². The van der Waals surface area contributed by atoms with Crippen molar-refractivity contribution in [2.75, 3.05) is 6.61 Å². The van der Waals surface area contributed by atoms with E-state index < -0.39 is 0 Å². The largest absolute Gasteiger partial charge is 0.492 e. The molecule has 0 aliphatic carbocycles. The van der Waals surface area contributed by atoms with Gasteiger partial charge in [-0.2, -0.15) is 0 Å². The second kappa shape index (κ2) is 11.6. The number of allylic oxidation sites excluding steroid dienone is 3. The van der Waals surface area contributed by atoms with Crippen molar-refractivity contribution in [3.63, 3.8) is 0 Å². The zero-order valence-electron chi connectivity index (χ0n) is 19.7. The quantitative estimate of drug-likeness (QED) is 0.427. The summed E-state index contributed by atoms with van der Waals surface area (Å²) in [4.78, 5) is 4.68. The molecule has 3 unspecified atom stereocenters. The van der Waals surface area contributed by atoms with Gasteiger partial charge in [0.15, 0.2) is 0 Å². The average Bonchev–Trinajstić information content (AvgIpc) is 2.82. The molecule has 0 bridgehead atoms. The summed E-state index contributed by atoms with van der Waals surface area (Å²) in [5.74, 6) is 0.879. The van der Waals surface area contributed by atoms with Crippen molar-refractivity contribution in [1.29, 1.82) is 0 Å². The molecule has 0 radical (unpaired) electrons. The lowest BCUT2D eigenvalue weighted by atomic mass is 9.90. The minimum Gasteiger partial charge on any atom is -0.492 e. The number of rotatable bonds is 10. The highest BCUT2D eigenvalue weighted by Crippen LogP contribution is 2.29. The molecule has 0 saturated heterocycles. The van der Waals surface area contributed by atoms with E-state index in [1.807, 2.05) is 43.5 Å². The summed E-state index contributed by atoms with van der Waals surface area (Å²) in [5.41, 5.74) is 10.9. The number of halogens is 1. The highest BCUT2D eigenvalue weighted by Gasteiger charge is 2.16. The van der Waals surface area contributed by atoms with Crippen LogP contribution in [0.5, 0.6) is 5.75 Å². The van der Waals surface area contributed by atoms with Gasteiger partial charge in [0, 0.05) is 35.6 Å². The van der Waals surface area contributed by atoms with Gasteiger partial charge in [-0.25, -0.2) is 4.39 Å². The lowest BCUT2D eigenvalue weighted by Gasteiger charge is -2.20. The monoisotopic (exact) mass is 447 g/mol. The molecule has 2 aromatic rings. The second-order valence-electron chi connectivity index (χ2n) is 8.60. The maximum absolute atomic E-state index is 13.5. The fraction of sp³-hybridized carbons (Fsp3) is 0.321. The average molecular weight is 448 g/mol. The Hall–Kier alpha value is -3.18. The third-order valence-corrected chi connectivity index (χ3v) is 5.82. The predicted octanol–water partition coefficient (Wildman–Crippen LogP) is 6.18. The van der Waals surface area contributed by atoms with Crippen molar-refractivity contribution in [2.45, 2.75) is 45.7 Å². The Kier molecular flexibility index (Phi) is 8.61. The van der Waals surface area contributed by atoms with Crippen molar-refractivity contribution in [1.82, 2.24) is 5.32 Å². The topological polar surface area (TPSA) is 59.6 Å². The van der Waals surface area contributed by atoms with Crippen LogP contribution in [0.1, 0.15) is 50.8 Å². The molecule has 3 atom stereocenters. The number of ether oxygens (including phenoxy) is 1. The van der Waals surface area contributed by atoms with E-state index >= 15 is 0 Å². The standard InChI is InChI=1S/C28H34FN3O/c1-5-26(30)18-33-27-12-10-22(11-13-27)24-15-19(2)28(31-17-24)14-9-20(3)32-21(4)23-7-6-8-25(29)16-23/h6-14,16-17,19,21,26,32H,3,5,15,18,30H2,1-2,4H3/b14-9-. The molecule has 3 N–H and O–H groups in total. The Morgan fingerprint density at radius 1 is 1.30 bits per heavy atom. The van der Waals surface area contributed by atoms with Crippen LogP contribution < -0.4 is 15.8 Å². The first-order chi connectivity index (χ1) is 15.9. The van der Waals surface area contributed by atoms with Crippen LogP contribution in [-0.2, 0) is 0 Å². The molecule has 174 valence electrons. The Bertz CT molecular complexity index is 1040. The molecular formula is C28H34FN3O. The summed E-state index contributed by atoms with van der Waals surface area (Å²) in [6, 6.07) is 14.7. The first-order valence-corrected chi connectivity index (χ1v) is 11.5. The minimum absolute atomic E-state index is 0.0419. The molecule has 0 amide bonds. The molecular weight excluding hydrogens is 413 g/mol. The Morgan fingerprint density at radius 2 is 2.06 bits per heavy atom. The molecule has 1 aliphatic rings. The minimum atomic E-state index is -0.238. The molecule has 4 nitrogen and oxygen atoms in total. The van der Waals surface area contributed by atoms with E-state index in [2.05, 4.69) is 42.9 Å². The van der Waals surface area contributed by atoms with Crippen molar-refractivity contribution >= 4 is 11.3 Å². The second-order valence-corrected chi connectivity index (χ2v) is 8.60. The van der Waals surface area contributed by atoms with Crippen LogP contribution in [0.25, 0.3) is 5.57 Å². The predicted molar refractivity (Wildman–Crippen MR) is 136 cm³/mol. The Morgan fingerprint density at radius 3 is 2.73 bits per heavy atom. The summed E-state index contributed by atoms with van der Waals surface area (Å²) in [6.45, 7) is 10.8. The first-order valence-electron chi connectivity index (χ1n) is 11.5. The van der Waals surface area contributed by atoms with E-state index in [0.29, 0.717) is 6.61 Å². The maximum atomic E-state index is 13.5. The van der Waals surface area contributed by atoms with Crippen LogP contribution in [0.15, 0.2) is 84.2 Å². The maximum Gasteiger partial charge on any atom is 0.123 e. The molecule has 0 saturated carbocycles. The van der Waals surface area contributed by atoms with E-state index in [0.717, 1.165) is 41.1 Å². The van der Waals surface area contributed by atoms with E-state index in [4.69, 9.17) is 10.5 Å². The van der Waals surface area contributed by atoms with Crippen LogP contribution in [0, 0.1) is 11.7 Å². The van der Waals surface area contributed by atoms with Crippen LogP contribution in [0.3, 0.4) is 0 Å². The van der Waals surface area contributed by atoms with E-state index in [1.54, 1.807) is 6.07 Å².